The van der Waals surface area contributed by atoms with Crippen LogP contribution in [0.4, 0.5) is 0 Å². The Balaban J connectivity index is 0.000000461. The van der Waals surface area contributed by atoms with Crippen LogP contribution in [0.2, 0.25) is 0 Å². The predicted octanol–water partition coefficient (Wildman–Crippen LogP) is 4.29. The normalized spacial score (nSPS) is 9.20. The zero-order valence-corrected chi connectivity index (χ0v) is 12.6. The number of hydrogen-bond acceptors (Lipinski definition) is 1. The number of para-hydroxylation sites is 1. The van der Waals surface area contributed by atoms with Gasteiger partial charge in [-0.15, -0.1) is 0 Å². The van der Waals surface area contributed by atoms with E-state index < -0.39 is 0 Å². The van der Waals surface area contributed by atoms with Gasteiger partial charge in [0, 0.05) is 18.3 Å². The Morgan fingerprint density at radius 2 is 1.40 bits per heavy atom. The smallest absolute Gasteiger partial charge is 0.0483 e. The Bertz CT molecular complexity index is 597. The molecule has 0 aliphatic carbocycles. The van der Waals surface area contributed by atoms with Crippen LogP contribution in [0.1, 0.15) is 19.4 Å². The van der Waals surface area contributed by atoms with E-state index in [1.165, 1.54) is 23.5 Å². The van der Waals surface area contributed by atoms with Gasteiger partial charge in [-0.05, 0) is 30.1 Å². The van der Waals surface area contributed by atoms with Gasteiger partial charge in [-0.3, -0.25) is 0 Å². The van der Waals surface area contributed by atoms with Crippen LogP contribution in [0.3, 0.4) is 0 Å². The van der Waals surface area contributed by atoms with E-state index in [2.05, 4.69) is 77.2 Å². The monoisotopic (exact) mass is 268 g/mol. The molecule has 0 fully saturated rings. The van der Waals surface area contributed by atoms with E-state index >= 15 is 0 Å². The molecule has 0 spiro atoms. The molecule has 0 aliphatic heterocycles. The van der Waals surface area contributed by atoms with Gasteiger partial charge >= 0.3 is 0 Å². The van der Waals surface area contributed by atoms with Gasteiger partial charge in [0.05, 0.1) is 0 Å². The van der Waals surface area contributed by atoms with Crippen molar-refractivity contribution in [2.24, 2.45) is 5.73 Å². The fourth-order valence-electron chi connectivity index (χ4n) is 2.06. The van der Waals surface area contributed by atoms with Crippen LogP contribution in [0.5, 0.6) is 0 Å². The van der Waals surface area contributed by atoms with Crippen molar-refractivity contribution in [3.8, 4) is 0 Å². The number of rotatable bonds is 2. The summed E-state index contributed by atoms with van der Waals surface area (Å²) in [5.74, 6) is 0. The third-order valence-electron chi connectivity index (χ3n) is 2.88. The molecule has 1 aromatic heterocycles. The average Bonchev–Trinajstić information content (AvgIpc) is 2.96. The Morgan fingerprint density at radius 1 is 0.800 bits per heavy atom. The summed E-state index contributed by atoms with van der Waals surface area (Å²) < 4.78 is 2.28. The van der Waals surface area contributed by atoms with Gasteiger partial charge in [-0.25, -0.2) is 0 Å². The van der Waals surface area contributed by atoms with Crippen molar-refractivity contribution in [1.29, 1.82) is 0 Å². The highest BCUT2D eigenvalue weighted by molar-refractivity contribution is 5.79. The van der Waals surface area contributed by atoms with Crippen molar-refractivity contribution in [3.05, 3.63) is 72.4 Å². The minimum Gasteiger partial charge on any atom is -0.343 e. The first-order chi connectivity index (χ1) is 9.93. The lowest BCUT2D eigenvalue weighted by atomic mass is 10.2. The van der Waals surface area contributed by atoms with Crippen molar-refractivity contribution >= 4 is 10.9 Å². The van der Waals surface area contributed by atoms with Gasteiger partial charge in [-0.2, -0.15) is 0 Å². The molecule has 2 nitrogen and oxygen atoms in total. The second-order valence-electron chi connectivity index (χ2n) is 3.99. The first kappa shape index (κ1) is 16.0. The standard InChI is InChI=1S/C15H13N.C2H6.CH5N/c1-2-6-13(7-3-1)12-16-11-10-14-8-4-5-9-15(14)16;2*1-2/h1-11H,12H2;1-2H3;2H2,1H3. The van der Waals surface area contributed by atoms with E-state index in [1.807, 2.05) is 13.8 Å². The molecule has 0 bridgehead atoms. The van der Waals surface area contributed by atoms with Gasteiger partial charge < -0.3 is 10.3 Å². The lowest BCUT2D eigenvalue weighted by molar-refractivity contribution is 0.837. The molecule has 0 atom stereocenters. The molecule has 3 rings (SSSR count). The molecular weight excluding hydrogens is 244 g/mol. The summed E-state index contributed by atoms with van der Waals surface area (Å²) in [6.07, 6.45) is 2.15. The number of nitrogens with zero attached hydrogens (tertiary/aromatic N) is 1. The SMILES string of the molecule is CC.CN.c1ccc(Cn2ccc3ccccc32)cc1. The fraction of sp³-hybridized carbons (Fsp3) is 0.222. The van der Waals surface area contributed by atoms with Crippen molar-refractivity contribution in [1.82, 2.24) is 4.57 Å². The Kier molecular flexibility index (Phi) is 7.15. The van der Waals surface area contributed by atoms with Crippen molar-refractivity contribution < 1.29 is 0 Å². The highest BCUT2D eigenvalue weighted by Gasteiger charge is 1.99. The van der Waals surface area contributed by atoms with Gasteiger partial charge in [0.1, 0.15) is 0 Å². The quantitative estimate of drug-likeness (QED) is 0.738. The molecule has 2 N–H and O–H groups in total. The van der Waals surface area contributed by atoms with E-state index in [0.717, 1.165) is 6.54 Å². The largest absolute Gasteiger partial charge is 0.343 e. The number of fused-ring (bicyclic) bond motifs is 1. The van der Waals surface area contributed by atoms with E-state index in [-0.39, 0.29) is 0 Å². The fourth-order valence-corrected chi connectivity index (χ4v) is 2.06. The minimum atomic E-state index is 0.939. The Morgan fingerprint density at radius 3 is 2.10 bits per heavy atom. The Labute approximate surface area is 121 Å². The Hall–Kier alpha value is -2.06. The summed E-state index contributed by atoms with van der Waals surface area (Å²) >= 11 is 0. The molecule has 1 heterocycles. The number of hydrogen-bond donors (Lipinski definition) is 1. The van der Waals surface area contributed by atoms with Crippen LogP contribution in [0.15, 0.2) is 66.9 Å². The first-order valence-electron chi connectivity index (χ1n) is 7.09. The third kappa shape index (κ3) is 3.97. The van der Waals surface area contributed by atoms with Gasteiger partial charge in [0.2, 0.25) is 0 Å². The number of aromatic nitrogens is 1. The van der Waals surface area contributed by atoms with Crippen LogP contribution in [-0.2, 0) is 6.54 Å². The highest BCUT2D eigenvalue weighted by Crippen LogP contribution is 2.16. The molecule has 0 saturated heterocycles. The van der Waals surface area contributed by atoms with Crippen molar-refractivity contribution in [2.75, 3.05) is 7.05 Å². The van der Waals surface area contributed by atoms with Crippen molar-refractivity contribution in [2.45, 2.75) is 20.4 Å². The van der Waals surface area contributed by atoms with Crippen LogP contribution in [0.25, 0.3) is 10.9 Å². The zero-order chi connectivity index (χ0) is 14.8. The van der Waals surface area contributed by atoms with Gasteiger partial charge in [0.15, 0.2) is 0 Å². The summed E-state index contributed by atoms with van der Waals surface area (Å²) in [6.45, 7) is 4.94. The predicted molar refractivity (Wildman–Crippen MR) is 88.9 cm³/mol. The average molecular weight is 268 g/mol. The highest BCUT2D eigenvalue weighted by atomic mass is 14.9. The van der Waals surface area contributed by atoms with Crippen molar-refractivity contribution in [3.63, 3.8) is 0 Å². The molecule has 0 unspecified atom stereocenters. The third-order valence-corrected chi connectivity index (χ3v) is 2.88. The maximum atomic E-state index is 4.50. The number of benzene rings is 2. The van der Waals surface area contributed by atoms with E-state index in [9.17, 15) is 0 Å². The molecule has 0 aliphatic rings. The maximum Gasteiger partial charge on any atom is 0.0483 e. The number of nitrogens with two attached hydrogens (primary N) is 1. The molecule has 0 saturated carbocycles. The molecular formula is C18H24N2. The lowest BCUT2D eigenvalue weighted by Gasteiger charge is -2.05. The van der Waals surface area contributed by atoms with Crippen LogP contribution < -0.4 is 5.73 Å². The minimum absolute atomic E-state index is 0.939. The van der Waals surface area contributed by atoms with Crippen LogP contribution in [-0.4, -0.2) is 11.6 Å². The topological polar surface area (TPSA) is 30.9 Å². The molecule has 2 aromatic carbocycles. The summed E-state index contributed by atoms with van der Waals surface area (Å²) in [5, 5.41) is 1.30. The molecule has 0 radical (unpaired) electrons. The van der Waals surface area contributed by atoms with E-state index in [0.29, 0.717) is 0 Å². The molecule has 3 aromatic rings. The molecule has 2 heteroatoms. The molecule has 0 amide bonds. The van der Waals surface area contributed by atoms with Gasteiger partial charge in [0.25, 0.3) is 0 Å². The summed E-state index contributed by atoms with van der Waals surface area (Å²) in [6, 6.07) is 21.2. The van der Waals surface area contributed by atoms with Gasteiger partial charge in [-0.1, -0.05) is 62.4 Å². The molecule has 106 valence electrons. The van der Waals surface area contributed by atoms with E-state index in [1.54, 1.807) is 0 Å². The zero-order valence-electron chi connectivity index (χ0n) is 12.6. The first-order valence-corrected chi connectivity index (χ1v) is 7.09. The lowest BCUT2D eigenvalue weighted by Crippen LogP contribution is -1.96. The summed E-state index contributed by atoms with van der Waals surface area (Å²) in [5.41, 5.74) is 7.13. The van der Waals surface area contributed by atoms with Crippen LogP contribution >= 0.6 is 0 Å². The second-order valence-corrected chi connectivity index (χ2v) is 3.99. The van der Waals surface area contributed by atoms with Crippen LogP contribution in [0, 0.1) is 0 Å². The summed E-state index contributed by atoms with van der Waals surface area (Å²) in [7, 11) is 1.50. The van der Waals surface area contributed by atoms with E-state index in [4.69, 9.17) is 0 Å². The maximum absolute atomic E-state index is 4.50. The second kappa shape index (κ2) is 8.94. The molecule has 20 heavy (non-hydrogen) atoms. The summed E-state index contributed by atoms with van der Waals surface area (Å²) in [4.78, 5) is 0.